The third-order valence-corrected chi connectivity index (χ3v) is 1.27. The summed E-state index contributed by atoms with van der Waals surface area (Å²) in [4.78, 5) is 3.95. The molecule has 0 saturated heterocycles. The fourth-order valence-corrected chi connectivity index (χ4v) is 0.684. The largest absolute Gasteiger partial charge is 0.390 e. The van der Waals surface area contributed by atoms with Gasteiger partial charge in [0.1, 0.15) is 0 Å². The van der Waals surface area contributed by atoms with E-state index in [1.54, 1.807) is 6.20 Å². The Morgan fingerprint density at radius 3 is 2.45 bits per heavy atom. The highest BCUT2D eigenvalue weighted by atomic mass is 16.3. The van der Waals surface area contributed by atoms with Crippen molar-refractivity contribution in [1.82, 2.24) is 4.98 Å². The number of nitrogens with zero attached hydrogens (tertiary/aromatic N) is 1. The van der Waals surface area contributed by atoms with E-state index in [2.05, 4.69) is 4.98 Å². The first-order valence-corrected chi connectivity index (χ1v) is 3.86. The van der Waals surface area contributed by atoms with Gasteiger partial charge in [-0.05, 0) is 18.6 Å². The zero-order valence-electron chi connectivity index (χ0n) is 7.33. The number of rotatable bonds is 1. The average Bonchev–Trinajstić information content (AvgIpc) is 2.09. The zero-order chi connectivity index (χ0) is 8.69. The molecule has 0 aliphatic rings. The van der Waals surface area contributed by atoms with Crippen molar-refractivity contribution >= 4 is 0 Å². The van der Waals surface area contributed by atoms with Crippen LogP contribution in [-0.4, -0.2) is 10.1 Å². The lowest BCUT2D eigenvalue weighted by molar-refractivity contribution is 0.276. The number of aliphatic hydroxyl groups excluding tert-OH is 1. The number of pyridine rings is 1. The van der Waals surface area contributed by atoms with Crippen LogP contribution in [0.2, 0.25) is 0 Å². The number of aryl methyl sites for hydroxylation is 1. The second-order valence-corrected chi connectivity index (χ2v) is 1.93. The Kier molecular flexibility index (Phi) is 5.39. The number of hydrogen-bond acceptors (Lipinski definition) is 2. The molecule has 0 atom stereocenters. The summed E-state index contributed by atoms with van der Waals surface area (Å²) < 4.78 is 0. The lowest BCUT2D eigenvalue weighted by Crippen LogP contribution is -1.90. The predicted molar refractivity (Wildman–Crippen MR) is 46.2 cm³/mol. The summed E-state index contributed by atoms with van der Waals surface area (Å²) >= 11 is 0. The third kappa shape index (κ3) is 3.14. The molecule has 0 spiro atoms. The van der Waals surface area contributed by atoms with Crippen molar-refractivity contribution in [3.63, 3.8) is 0 Å². The monoisotopic (exact) mass is 153 g/mol. The van der Waals surface area contributed by atoms with Crippen LogP contribution in [0.25, 0.3) is 0 Å². The first kappa shape index (κ1) is 10.1. The van der Waals surface area contributed by atoms with E-state index in [0.717, 1.165) is 11.3 Å². The Bertz CT molecular complexity index is 199. The summed E-state index contributed by atoms with van der Waals surface area (Å²) in [6.07, 6.45) is 1.68. The molecule has 0 amide bonds. The van der Waals surface area contributed by atoms with Gasteiger partial charge in [-0.15, -0.1) is 0 Å². The molecule has 0 aliphatic carbocycles. The Morgan fingerprint density at radius 1 is 1.45 bits per heavy atom. The summed E-state index contributed by atoms with van der Waals surface area (Å²) in [7, 11) is 0. The Morgan fingerprint density at radius 2 is 2.09 bits per heavy atom. The van der Waals surface area contributed by atoms with E-state index in [9.17, 15) is 0 Å². The van der Waals surface area contributed by atoms with Crippen molar-refractivity contribution in [2.75, 3.05) is 0 Å². The maximum absolute atomic E-state index is 8.66. The highest BCUT2D eigenvalue weighted by molar-refractivity contribution is 5.16. The molecular formula is C9H15NO. The molecule has 11 heavy (non-hydrogen) atoms. The average molecular weight is 153 g/mol. The third-order valence-electron chi connectivity index (χ3n) is 1.27. The van der Waals surface area contributed by atoms with Crippen molar-refractivity contribution in [3.05, 3.63) is 29.6 Å². The van der Waals surface area contributed by atoms with E-state index in [0.29, 0.717) is 0 Å². The molecule has 1 rings (SSSR count). The van der Waals surface area contributed by atoms with Crippen LogP contribution >= 0.6 is 0 Å². The van der Waals surface area contributed by atoms with Crippen LogP contribution in [-0.2, 0) is 6.61 Å². The highest BCUT2D eigenvalue weighted by Gasteiger charge is 1.92. The minimum absolute atomic E-state index is 0.0344. The van der Waals surface area contributed by atoms with Gasteiger partial charge in [-0.1, -0.05) is 19.9 Å². The SMILES string of the molecule is CC.Cc1cccnc1CO. The molecule has 2 heteroatoms. The second kappa shape index (κ2) is 5.86. The number of aliphatic hydroxyl groups is 1. The molecule has 0 saturated carbocycles. The summed E-state index contributed by atoms with van der Waals surface area (Å²) in [5.41, 5.74) is 1.80. The summed E-state index contributed by atoms with van der Waals surface area (Å²) in [5, 5.41) is 8.66. The molecule has 0 fully saturated rings. The van der Waals surface area contributed by atoms with Gasteiger partial charge in [-0.2, -0.15) is 0 Å². The molecular weight excluding hydrogens is 138 g/mol. The maximum atomic E-state index is 8.66. The van der Waals surface area contributed by atoms with Gasteiger partial charge in [0.05, 0.1) is 12.3 Å². The maximum Gasteiger partial charge on any atom is 0.0855 e. The summed E-state index contributed by atoms with van der Waals surface area (Å²) in [6.45, 7) is 5.96. The normalized spacial score (nSPS) is 8.36. The Hall–Kier alpha value is -0.890. The van der Waals surface area contributed by atoms with Gasteiger partial charge in [-0.25, -0.2) is 0 Å². The molecule has 1 heterocycles. The molecule has 0 radical (unpaired) electrons. The van der Waals surface area contributed by atoms with Crippen molar-refractivity contribution in [2.45, 2.75) is 27.4 Å². The first-order valence-electron chi connectivity index (χ1n) is 3.86. The molecule has 0 unspecified atom stereocenters. The van der Waals surface area contributed by atoms with Gasteiger partial charge in [0.25, 0.3) is 0 Å². The fourth-order valence-electron chi connectivity index (χ4n) is 0.684. The molecule has 0 aromatic carbocycles. The first-order chi connectivity index (χ1) is 5.34. The number of aromatic nitrogens is 1. The molecule has 2 nitrogen and oxygen atoms in total. The van der Waals surface area contributed by atoms with E-state index in [-0.39, 0.29) is 6.61 Å². The van der Waals surface area contributed by atoms with Crippen LogP contribution < -0.4 is 0 Å². The molecule has 1 aromatic rings. The van der Waals surface area contributed by atoms with Crippen LogP contribution in [0.4, 0.5) is 0 Å². The van der Waals surface area contributed by atoms with Crippen molar-refractivity contribution in [3.8, 4) is 0 Å². The van der Waals surface area contributed by atoms with E-state index >= 15 is 0 Å². The lowest BCUT2D eigenvalue weighted by atomic mass is 10.2. The minimum atomic E-state index is 0.0344. The topological polar surface area (TPSA) is 33.1 Å². The van der Waals surface area contributed by atoms with Crippen LogP contribution in [0.15, 0.2) is 18.3 Å². The summed E-state index contributed by atoms with van der Waals surface area (Å²) in [6, 6.07) is 3.78. The zero-order valence-corrected chi connectivity index (χ0v) is 7.33. The molecule has 1 aromatic heterocycles. The Labute approximate surface area is 67.9 Å². The molecule has 1 N–H and O–H groups in total. The quantitative estimate of drug-likeness (QED) is 0.668. The minimum Gasteiger partial charge on any atom is -0.390 e. The smallest absolute Gasteiger partial charge is 0.0855 e. The van der Waals surface area contributed by atoms with Gasteiger partial charge in [0.15, 0.2) is 0 Å². The van der Waals surface area contributed by atoms with Crippen LogP contribution in [0.5, 0.6) is 0 Å². The van der Waals surface area contributed by atoms with E-state index in [1.165, 1.54) is 0 Å². The fraction of sp³-hybridized carbons (Fsp3) is 0.444. The van der Waals surface area contributed by atoms with Crippen molar-refractivity contribution in [2.24, 2.45) is 0 Å². The van der Waals surface area contributed by atoms with Crippen molar-refractivity contribution in [1.29, 1.82) is 0 Å². The van der Waals surface area contributed by atoms with Crippen LogP contribution in [0, 0.1) is 6.92 Å². The molecule has 62 valence electrons. The molecule has 0 bridgehead atoms. The predicted octanol–water partition coefficient (Wildman–Crippen LogP) is 1.91. The van der Waals surface area contributed by atoms with Gasteiger partial charge in [0.2, 0.25) is 0 Å². The lowest BCUT2D eigenvalue weighted by Gasteiger charge is -1.96. The highest BCUT2D eigenvalue weighted by Crippen LogP contribution is 2.00. The van der Waals surface area contributed by atoms with E-state index < -0.39 is 0 Å². The standard InChI is InChI=1S/C7H9NO.C2H6/c1-6-3-2-4-8-7(6)5-9;1-2/h2-4,9H,5H2,1H3;1-2H3. The van der Waals surface area contributed by atoms with Gasteiger partial charge in [-0.3, -0.25) is 4.98 Å². The van der Waals surface area contributed by atoms with Crippen LogP contribution in [0.1, 0.15) is 25.1 Å². The van der Waals surface area contributed by atoms with Crippen LogP contribution in [0.3, 0.4) is 0 Å². The van der Waals surface area contributed by atoms with Gasteiger partial charge in [0, 0.05) is 6.20 Å². The van der Waals surface area contributed by atoms with Crippen molar-refractivity contribution < 1.29 is 5.11 Å². The molecule has 0 aliphatic heterocycles. The van der Waals surface area contributed by atoms with E-state index in [1.807, 2.05) is 32.9 Å². The second-order valence-electron chi connectivity index (χ2n) is 1.93. The van der Waals surface area contributed by atoms with E-state index in [4.69, 9.17) is 5.11 Å². The van der Waals surface area contributed by atoms with Gasteiger partial charge >= 0.3 is 0 Å². The number of hydrogen-bond donors (Lipinski definition) is 1. The van der Waals surface area contributed by atoms with Gasteiger partial charge < -0.3 is 5.11 Å². The summed E-state index contributed by atoms with van der Waals surface area (Å²) in [5.74, 6) is 0. The Balaban J connectivity index is 0.000000461.